The molecule has 1 aromatic rings. The Hall–Kier alpha value is -2.50. The fourth-order valence-electron chi connectivity index (χ4n) is 2.35. The van der Waals surface area contributed by atoms with Gasteiger partial charge in [-0.2, -0.15) is 0 Å². The second kappa shape index (κ2) is 8.55. The highest BCUT2D eigenvalue weighted by Crippen LogP contribution is 2.26. The summed E-state index contributed by atoms with van der Waals surface area (Å²) in [6.07, 6.45) is 4.40. The van der Waals surface area contributed by atoms with Crippen LogP contribution in [0.2, 0.25) is 0 Å². The third kappa shape index (κ3) is 6.87. The quantitative estimate of drug-likeness (QED) is 0.613. The third-order valence-electron chi connectivity index (χ3n) is 3.46. The van der Waals surface area contributed by atoms with Crippen LogP contribution >= 0.6 is 0 Å². The molecule has 0 atom stereocenters. The van der Waals surface area contributed by atoms with E-state index in [4.69, 9.17) is 9.47 Å². The number of ether oxygens (including phenoxy) is 2. The Morgan fingerprint density at radius 2 is 2.00 bits per heavy atom. The van der Waals surface area contributed by atoms with E-state index in [1.165, 1.54) is 11.6 Å². The number of fused-ring (bicyclic) bond motifs is 1. The van der Waals surface area contributed by atoms with E-state index in [9.17, 15) is 9.59 Å². The van der Waals surface area contributed by atoms with E-state index in [1.54, 1.807) is 6.08 Å². The monoisotopic (exact) mass is 346 g/mol. The van der Waals surface area contributed by atoms with Gasteiger partial charge in [-0.1, -0.05) is 6.07 Å². The lowest BCUT2D eigenvalue weighted by Crippen LogP contribution is -2.34. The summed E-state index contributed by atoms with van der Waals surface area (Å²) < 4.78 is 10.6. The molecule has 6 nitrogen and oxygen atoms in total. The van der Waals surface area contributed by atoms with Crippen LogP contribution in [0, 0.1) is 0 Å². The smallest absolute Gasteiger partial charge is 0.407 e. The van der Waals surface area contributed by atoms with Crippen LogP contribution in [-0.2, 0) is 16.0 Å². The Morgan fingerprint density at radius 1 is 1.24 bits per heavy atom. The van der Waals surface area contributed by atoms with Crippen LogP contribution < -0.4 is 15.4 Å². The zero-order valence-electron chi connectivity index (χ0n) is 15.1. The van der Waals surface area contributed by atoms with Crippen molar-refractivity contribution in [2.75, 3.05) is 19.7 Å². The zero-order valence-corrected chi connectivity index (χ0v) is 15.1. The Bertz CT molecular complexity index is 647. The molecule has 1 aromatic carbocycles. The number of rotatable bonds is 6. The van der Waals surface area contributed by atoms with Crippen molar-refractivity contribution in [3.63, 3.8) is 0 Å². The lowest BCUT2D eigenvalue weighted by atomic mass is 10.1. The van der Waals surface area contributed by atoms with E-state index in [-0.39, 0.29) is 5.91 Å². The fraction of sp³-hybridized carbons (Fsp3) is 0.474. The standard InChI is InChI=1S/C19H26N2O4/c1-19(2,3)25-18(23)21-11-4-10-20-17(22)8-6-14-5-7-16-15(13-14)9-12-24-16/h5-8,13H,4,9-12H2,1-3H3,(H,20,22)(H,21,23)/b8-6+. The molecule has 2 N–H and O–H groups in total. The first-order valence-electron chi connectivity index (χ1n) is 8.52. The van der Waals surface area contributed by atoms with Crippen LogP contribution in [0.4, 0.5) is 4.79 Å². The van der Waals surface area contributed by atoms with Gasteiger partial charge in [0.2, 0.25) is 5.91 Å². The molecule has 136 valence electrons. The molecular formula is C19H26N2O4. The maximum absolute atomic E-state index is 11.8. The Kier molecular flexibility index (Phi) is 6.44. The number of hydrogen-bond donors (Lipinski definition) is 2. The van der Waals surface area contributed by atoms with Crippen molar-refractivity contribution >= 4 is 18.1 Å². The van der Waals surface area contributed by atoms with Crippen LogP contribution in [0.25, 0.3) is 6.08 Å². The van der Waals surface area contributed by atoms with Gasteiger partial charge < -0.3 is 20.1 Å². The SMILES string of the molecule is CC(C)(C)OC(=O)NCCCNC(=O)/C=C/c1ccc2c(c1)CCO2. The molecule has 1 aliphatic rings. The first kappa shape index (κ1) is 18.8. The summed E-state index contributed by atoms with van der Waals surface area (Å²) in [6, 6.07) is 5.90. The van der Waals surface area contributed by atoms with Gasteiger partial charge in [0.15, 0.2) is 0 Å². The first-order chi connectivity index (χ1) is 11.8. The second-order valence-electron chi connectivity index (χ2n) is 6.87. The van der Waals surface area contributed by atoms with E-state index in [0.717, 1.165) is 24.3 Å². The normalized spacial score (nSPS) is 13.2. The Morgan fingerprint density at radius 3 is 2.76 bits per heavy atom. The number of alkyl carbamates (subject to hydrolysis) is 1. The van der Waals surface area contributed by atoms with Gasteiger partial charge in [0.1, 0.15) is 11.4 Å². The molecule has 2 amide bonds. The highest BCUT2D eigenvalue weighted by atomic mass is 16.6. The Labute approximate surface area is 148 Å². The third-order valence-corrected chi connectivity index (χ3v) is 3.46. The van der Waals surface area contributed by atoms with E-state index in [0.29, 0.717) is 19.5 Å². The van der Waals surface area contributed by atoms with Crippen molar-refractivity contribution in [2.24, 2.45) is 0 Å². The maximum atomic E-state index is 11.8. The first-order valence-corrected chi connectivity index (χ1v) is 8.52. The van der Waals surface area contributed by atoms with Crippen LogP contribution in [-0.4, -0.2) is 37.3 Å². The molecule has 1 heterocycles. The highest BCUT2D eigenvalue weighted by Gasteiger charge is 2.15. The lowest BCUT2D eigenvalue weighted by molar-refractivity contribution is -0.116. The van der Waals surface area contributed by atoms with Gasteiger partial charge in [0.05, 0.1) is 6.61 Å². The zero-order chi connectivity index (χ0) is 18.3. The summed E-state index contributed by atoms with van der Waals surface area (Å²) in [4.78, 5) is 23.3. The number of amides is 2. The lowest BCUT2D eigenvalue weighted by Gasteiger charge is -2.19. The number of hydrogen-bond acceptors (Lipinski definition) is 4. The van der Waals surface area contributed by atoms with Gasteiger partial charge in [-0.25, -0.2) is 4.79 Å². The van der Waals surface area contributed by atoms with Gasteiger partial charge >= 0.3 is 6.09 Å². The van der Waals surface area contributed by atoms with E-state index in [2.05, 4.69) is 10.6 Å². The predicted molar refractivity (Wildman–Crippen MR) is 96.5 cm³/mol. The molecule has 0 unspecified atom stereocenters. The molecule has 2 rings (SSSR count). The predicted octanol–water partition coefficient (Wildman–Crippen LogP) is 2.67. The second-order valence-corrected chi connectivity index (χ2v) is 6.87. The molecular weight excluding hydrogens is 320 g/mol. The fourth-order valence-corrected chi connectivity index (χ4v) is 2.35. The van der Waals surface area contributed by atoms with Crippen molar-refractivity contribution in [1.29, 1.82) is 0 Å². The van der Waals surface area contributed by atoms with Crippen LogP contribution in [0.5, 0.6) is 5.75 Å². The summed E-state index contributed by atoms with van der Waals surface area (Å²) in [6.45, 7) is 7.09. The average Bonchev–Trinajstić information content (AvgIpc) is 2.98. The van der Waals surface area contributed by atoms with Crippen molar-refractivity contribution < 1.29 is 19.1 Å². The van der Waals surface area contributed by atoms with Crippen LogP contribution in [0.1, 0.15) is 38.3 Å². The number of carbonyl (C=O) groups excluding carboxylic acids is 2. The molecule has 0 fully saturated rings. The molecule has 0 bridgehead atoms. The number of benzene rings is 1. The molecule has 0 saturated carbocycles. The highest BCUT2D eigenvalue weighted by molar-refractivity contribution is 5.91. The molecule has 1 aliphatic heterocycles. The van der Waals surface area contributed by atoms with Gasteiger partial charge in [-0.05, 0) is 56.5 Å². The number of nitrogens with one attached hydrogen (secondary N) is 2. The van der Waals surface area contributed by atoms with Crippen molar-refractivity contribution in [3.05, 3.63) is 35.4 Å². The van der Waals surface area contributed by atoms with Crippen molar-refractivity contribution in [3.8, 4) is 5.75 Å². The largest absolute Gasteiger partial charge is 0.493 e. The summed E-state index contributed by atoms with van der Waals surface area (Å²) >= 11 is 0. The van der Waals surface area contributed by atoms with E-state index >= 15 is 0 Å². The summed E-state index contributed by atoms with van der Waals surface area (Å²) in [5, 5.41) is 5.44. The maximum Gasteiger partial charge on any atom is 0.407 e. The molecule has 0 aromatic heterocycles. The minimum atomic E-state index is -0.507. The molecule has 6 heteroatoms. The van der Waals surface area contributed by atoms with Gasteiger partial charge in [0, 0.05) is 25.6 Å². The van der Waals surface area contributed by atoms with E-state index in [1.807, 2.05) is 39.0 Å². The van der Waals surface area contributed by atoms with Gasteiger partial charge in [0.25, 0.3) is 0 Å². The van der Waals surface area contributed by atoms with Gasteiger partial charge in [-0.15, -0.1) is 0 Å². The van der Waals surface area contributed by atoms with Crippen LogP contribution in [0.15, 0.2) is 24.3 Å². The summed E-state index contributed by atoms with van der Waals surface area (Å²) in [5.74, 6) is 0.771. The molecule has 0 radical (unpaired) electrons. The van der Waals surface area contributed by atoms with Crippen LogP contribution in [0.3, 0.4) is 0 Å². The molecule has 0 spiro atoms. The van der Waals surface area contributed by atoms with Gasteiger partial charge in [-0.3, -0.25) is 4.79 Å². The van der Waals surface area contributed by atoms with E-state index < -0.39 is 11.7 Å². The molecule has 25 heavy (non-hydrogen) atoms. The average molecular weight is 346 g/mol. The summed E-state index contributed by atoms with van der Waals surface area (Å²) in [7, 11) is 0. The minimum absolute atomic E-state index is 0.158. The number of carbonyl (C=O) groups is 2. The van der Waals surface area contributed by atoms with Crippen molar-refractivity contribution in [2.45, 2.75) is 39.2 Å². The molecule has 0 aliphatic carbocycles. The molecule has 0 saturated heterocycles. The van der Waals surface area contributed by atoms with Crippen molar-refractivity contribution in [1.82, 2.24) is 10.6 Å². The summed E-state index contributed by atoms with van der Waals surface area (Å²) in [5.41, 5.74) is 1.65. The Balaban J connectivity index is 1.63. The topological polar surface area (TPSA) is 76.7 Å². The minimum Gasteiger partial charge on any atom is -0.493 e.